The van der Waals surface area contributed by atoms with Crippen molar-refractivity contribution in [3.63, 3.8) is 0 Å². The van der Waals surface area contributed by atoms with E-state index >= 15 is 0 Å². The maximum atomic E-state index is 2.47. The molecule has 0 saturated heterocycles. The zero-order valence-electron chi connectivity index (χ0n) is 57.6. The van der Waals surface area contributed by atoms with Crippen molar-refractivity contribution < 1.29 is 0 Å². The van der Waals surface area contributed by atoms with E-state index in [4.69, 9.17) is 0 Å². The van der Waals surface area contributed by atoms with E-state index in [1.165, 1.54) is 234 Å². The van der Waals surface area contributed by atoms with Gasteiger partial charge < -0.3 is 0 Å². The Hall–Kier alpha value is -7.54. The largest absolute Gasteiger partial charge is 0.0836 e. The quantitative estimate of drug-likeness (QED) is 0.104. The predicted molar refractivity (Wildman–Crippen MR) is 402 cm³/mol. The molecule has 0 aliphatic heterocycles. The fourth-order valence-electron chi connectivity index (χ4n) is 18.4. The van der Waals surface area contributed by atoms with Crippen LogP contribution >= 0.6 is 0 Å². The molecule has 0 nitrogen and oxygen atoms in total. The molecule has 5 aromatic rings. The summed E-state index contributed by atoms with van der Waals surface area (Å²) in [7, 11) is 0. The van der Waals surface area contributed by atoms with Crippen molar-refractivity contribution >= 4 is 11.1 Å². The van der Waals surface area contributed by atoms with Crippen molar-refractivity contribution in [2.75, 3.05) is 0 Å². The van der Waals surface area contributed by atoms with Crippen molar-refractivity contribution in [2.24, 2.45) is 23.7 Å². The van der Waals surface area contributed by atoms with E-state index in [-0.39, 0.29) is 0 Å². The average molecular weight is 1230 g/mol. The van der Waals surface area contributed by atoms with E-state index in [0.29, 0.717) is 17.8 Å². The van der Waals surface area contributed by atoms with Crippen molar-refractivity contribution in [2.45, 2.75) is 206 Å². The molecule has 480 valence electrons. The topological polar surface area (TPSA) is 0 Å². The highest BCUT2D eigenvalue weighted by Gasteiger charge is 2.31. The Kier molecular flexibility index (Phi) is 20.1. The predicted octanol–water partition coefficient (Wildman–Crippen LogP) is 25.0. The minimum atomic E-state index is 0.397. The fraction of sp³-hybridized carbons (Fsp3) is 0.383. The molecule has 3 atom stereocenters. The van der Waals surface area contributed by atoms with Gasteiger partial charge in [-0.1, -0.05) is 265 Å². The fourth-order valence-corrected chi connectivity index (χ4v) is 18.4. The Morgan fingerprint density at radius 3 is 1.45 bits per heavy atom. The van der Waals surface area contributed by atoms with Gasteiger partial charge in [-0.2, -0.15) is 0 Å². The highest BCUT2D eigenvalue weighted by Crippen LogP contribution is 2.47. The lowest BCUT2D eigenvalue weighted by Crippen LogP contribution is -2.13. The molecule has 0 bridgehead atoms. The number of allylic oxidation sites excluding steroid dienone is 28. The highest BCUT2D eigenvalue weighted by atomic mass is 14.4. The Labute approximate surface area is 566 Å². The third kappa shape index (κ3) is 14.2. The molecular formula is C94H104. The summed E-state index contributed by atoms with van der Waals surface area (Å²) in [6, 6.07) is 38.3. The summed E-state index contributed by atoms with van der Waals surface area (Å²) < 4.78 is 0. The van der Waals surface area contributed by atoms with E-state index < -0.39 is 0 Å². The SMILES string of the molecule is CCC1CCC(c2ccc(CC3=CC=C(c4ccc5c(c4)CCC5)C4C=CC=C34)cc2C)CC1.CCc1cc(C2=CC=C(Cc3ccc(C4CCCCC4)cc3)C3=CC=CC32)ccc1C.Cc1cc(CC2=CC=C(C3=CCCC=C3)C3C=CC=C23)ccc1C1CCCCC1. The molecule has 3 unspecified atom stereocenters. The number of hydrogen-bond donors (Lipinski definition) is 0. The monoisotopic (exact) mass is 1230 g/mol. The van der Waals surface area contributed by atoms with Gasteiger partial charge in [0.1, 0.15) is 0 Å². The lowest BCUT2D eigenvalue weighted by Gasteiger charge is -2.29. The van der Waals surface area contributed by atoms with Gasteiger partial charge in [0.25, 0.3) is 0 Å². The van der Waals surface area contributed by atoms with Crippen LogP contribution in [0.15, 0.2) is 251 Å². The first kappa shape index (κ1) is 63.8. The van der Waals surface area contributed by atoms with E-state index in [0.717, 1.165) is 49.4 Å². The van der Waals surface area contributed by atoms with Crippen LogP contribution in [0.25, 0.3) is 11.1 Å². The molecule has 0 heteroatoms. The molecular weight excluding hydrogens is 1130 g/mol. The van der Waals surface area contributed by atoms with E-state index in [1.54, 1.807) is 27.8 Å². The summed E-state index contributed by atoms with van der Waals surface area (Å²) in [5.41, 5.74) is 35.5. The van der Waals surface area contributed by atoms with Crippen molar-refractivity contribution in [3.8, 4) is 0 Å². The molecule has 0 aromatic heterocycles. The second-order valence-corrected chi connectivity index (χ2v) is 29.8. The van der Waals surface area contributed by atoms with Crippen LogP contribution in [0, 0.1) is 44.4 Å². The summed E-state index contributed by atoms with van der Waals surface area (Å²) >= 11 is 0. The Balaban J connectivity index is 0.000000122. The molecule has 0 N–H and O–H groups in total. The van der Waals surface area contributed by atoms with Crippen LogP contribution in [0.1, 0.15) is 225 Å². The van der Waals surface area contributed by atoms with Gasteiger partial charge in [-0.25, -0.2) is 0 Å². The number of benzene rings is 5. The van der Waals surface area contributed by atoms with Crippen LogP contribution in [-0.2, 0) is 38.5 Å². The average Bonchev–Trinajstić information content (AvgIpc) is 1.56. The maximum Gasteiger partial charge on any atom is 0.0281 e. The first-order valence-electron chi connectivity index (χ1n) is 37.5. The lowest BCUT2D eigenvalue weighted by molar-refractivity contribution is 0.318. The molecule has 94 heavy (non-hydrogen) atoms. The van der Waals surface area contributed by atoms with Gasteiger partial charge in [-0.15, -0.1) is 0 Å². The normalized spacial score (nSPS) is 23.5. The molecule has 0 amide bonds. The highest BCUT2D eigenvalue weighted by molar-refractivity contribution is 5.80. The van der Waals surface area contributed by atoms with Crippen LogP contribution in [0.4, 0.5) is 0 Å². The molecule has 3 fully saturated rings. The maximum absolute atomic E-state index is 2.47. The molecule has 3 saturated carbocycles. The van der Waals surface area contributed by atoms with E-state index in [9.17, 15) is 0 Å². The van der Waals surface area contributed by atoms with Gasteiger partial charge in [0.15, 0.2) is 0 Å². The molecule has 11 aliphatic carbocycles. The first-order chi connectivity index (χ1) is 46.2. The van der Waals surface area contributed by atoms with Gasteiger partial charge in [0.2, 0.25) is 0 Å². The smallest absolute Gasteiger partial charge is 0.0281 e. The number of fused-ring (bicyclic) bond motifs is 4. The Morgan fingerprint density at radius 2 is 0.894 bits per heavy atom. The molecule has 0 radical (unpaired) electrons. The third-order valence-corrected chi connectivity index (χ3v) is 23.9. The summed E-state index contributed by atoms with van der Waals surface area (Å²) in [5.74, 6) is 4.56. The second kappa shape index (κ2) is 29.6. The summed E-state index contributed by atoms with van der Waals surface area (Å²) in [5, 5.41) is 0. The third-order valence-electron chi connectivity index (χ3n) is 23.9. The molecule has 5 aromatic carbocycles. The lowest BCUT2D eigenvalue weighted by atomic mass is 9.76. The van der Waals surface area contributed by atoms with Crippen molar-refractivity contribution in [3.05, 3.63) is 329 Å². The van der Waals surface area contributed by atoms with E-state index in [2.05, 4.69) is 241 Å². The Bertz CT molecular complexity index is 4080. The van der Waals surface area contributed by atoms with Gasteiger partial charge >= 0.3 is 0 Å². The van der Waals surface area contributed by atoms with Gasteiger partial charge in [0.05, 0.1) is 0 Å². The minimum absolute atomic E-state index is 0.397. The van der Waals surface area contributed by atoms with Crippen LogP contribution < -0.4 is 0 Å². The Morgan fingerprint density at radius 1 is 0.383 bits per heavy atom. The van der Waals surface area contributed by atoms with Gasteiger partial charge in [0, 0.05) is 17.8 Å². The van der Waals surface area contributed by atoms with Crippen molar-refractivity contribution in [1.29, 1.82) is 0 Å². The molecule has 11 aliphatic rings. The van der Waals surface area contributed by atoms with Crippen LogP contribution in [0.5, 0.6) is 0 Å². The van der Waals surface area contributed by atoms with Crippen LogP contribution in [0.2, 0.25) is 0 Å². The molecule has 0 heterocycles. The van der Waals surface area contributed by atoms with Gasteiger partial charge in [-0.05, 0) is 287 Å². The number of aryl methyl sites for hydroxylation is 6. The second-order valence-electron chi connectivity index (χ2n) is 29.8. The molecule has 0 spiro atoms. The minimum Gasteiger partial charge on any atom is -0.0836 e. The van der Waals surface area contributed by atoms with Gasteiger partial charge in [-0.3, -0.25) is 0 Å². The molecule has 16 rings (SSSR count). The first-order valence-corrected chi connectivity index (χ1v) is 37.5. The van der Waals surface area contributed by atoms with Crippen LogP contribution in [-0.4, -0.2) is 0 Å². The number of rotatable bonds is 14. The zero-order valence-corrected chi connectivity index (χ0v) is 57.6. The summed E-state index contributed by atoms with van der Waals surface area (Å²) in [4.78, 5) is 0. The zero-order chi connectivity index (χ0) is 63.9. The van der Waals surface area contributed by atoms with Crippen LogP contribution in [0.3, 0.4) is 0 Å². The van der Waals surface area contributed by atoms with E-state index in [1.807, 2.05) is 0 Å². The summed E-state index contributed by atoms with van der Waals surface area (Å²) in [6.45, 7) is 11.5. The number of hydrogen-bond acceptors (Lipinski definition) is 0. The standard InChI is InChI=1S/C34H38.C31H34.C29H32/c1-3-24-10-13-27(14-11-24)31-18-12-25(20-23(31)2)21-29-17-19-33(34-9-5-8-32(29)34)30-16-15-26-6-4-7-28(26)22-30;1-3-24-21-28(15-12-22(24)2)30-19-18-27(29-10-7-11-31(29)30)20-23-13-16-26(17-14-23)25-8-5-4-6-9-25;1-21-19-22(15-17-26(21)23-9-4-2-5-10-23)20-25-16-18-28(24-11-6-3-7-12-24)29-14-8-13-27(25)29/h5,8-9,12,15-20,22,24,27,34H,3-4,6-7,10-11,13-14,21H2,1-2H3;7,10-19,21,25,31H,3-6,8-9,20H2,1-2H3;6,8,11-19,23,29H,2-5,7,9-10,20H2,1H3. The summed E-state index contributed by atoms with van der Waals surface area (Å²) in [6.07, 6.45) is 73.4. The van der Waals surface area contributed by atoms with Crippen molar-refractivity contribution in [1.82, 2.24) is 0 Å².